The first-order valence-corrected chi connectivity index (χ1v) is 11.5. The Labute approximate surface area is 198 Å². The van der Waals surface area contributed by atoms with E-state index in [1.54, 1.807) is 18.2 Å². The Hall–Kier alpha value is -3.33. The minimum Gasteiger partial charge on any atom is -0.478 e. The fourth-order valence-electron chi connectivity index (χ4n) is 3.07. The third-order valence-corrected chi connectivity index (χ3v) is 6.17. The van der Waals surface area contributed by atoms with Gasteiger partial charge in [-0.25, -0.2) is 9.00 Å². The topological polar surface area (TPSA) is 75.6 Å². The van der Waals surface area contributed by atoms with Crippen molar-refractivity contribution in [3.05, 3.63) is 89.5 Å². The fraction of sp³-hybridized carbons (Fsp3) is 0.240. The van der Waals surface area contributed by atoms with Gasteiger partial charge in [0.15, 0.2) is 5.60 Å². The second-order valence-corrected chi connectivity index (χ2v) is 9.37. The van der Waals surface area contributed by atoms with E-state index in [0.29, 0.717) is 24.3 Å². The number of carboxylic acid groups (broad SMARTS) is 1. The van der Waals surface area contributed by atoms with Crippen molar-refractivity contribution in [1.29, 1.82) is 0 Å². The monoisotopic (exact) mass is 491 g/mol. The number of hydrogen-bond acceptors (Lipinski definition) is 3. The minimum absolute atomic E-state index is 0.242. The summed E-state index contributed by atoms with van der Waals surface area (Å²) >= 11 is 0. The smallest absolute Gasteiger partial charge is 0.416 e. The molecule has 9 heteroatoms. The lowest BCUT2D eigenvalue weighted by Crippen LogP contribution is -2.37. The number of aryl methyl sites for hydroxylation is 2. The van der Waals surface area contributed by atoms with E-state index in [1.807, 2.05) is 30.3 Å². The zero-order valence-corrected chi connectivity index (χ0v) is 19.4. The van der Waals surface area contributed by atoms with Crippen molar-refractivity contribution < 1.29 is 32.0 Å². The van der Waals surface area contributed by atoms with Gasteiger partial charge in [-0.3, -0.25) is 0 Å². The average Bonchev–Trinajstić information content (AvgIpc) is 2.78. The van der Waals surface area contributed by atoms with Crippen LogP contribution in [0, 0.1) is 0 Å². The summed E-state index contributed by atoms with van der Waals surface area (Å²) in [6.07, 6.45) is -3.03. The van der Waals surface area contributed by atoms with E-state index in [1.165, 1.54) is 26.0 Å². The Kier molecular flexibility index (Phi) is 7.66. The van der Waals surface area contributed by atoms with Crippen molar-refractivity contribution in [3.8, 4) is 5.75 Å². The molecule has 1 unspecified atom stereocenters. The van der Waals surface area contributed by atoms with Gasteiger partial charge < -0.3 is 14.6 Å². The second-order valence-electron chi connectivity index (χ2n) is 8.15. The van der Waals surface area contributed by atoms with Gasteiger partial charge >= 0.3 is 12.1 Å². The van der Waals surface area contributed by atoms with E-state index in [-0.39, 0.29) is 4.90 Å². The maximum absolute atomic E-state index is 12.7. The van der Waals surface area contributed by atoms with E-state index in [4.69, 9.17) is 9.84 Å². The number of anilines is 1. The number of ether oxygens (including phenoxy) is 1. The zero-order valence-electron chi connectivity index (χ0n) is 18.6. The van der Waals surface area contributed by atoms with E-state index < -0.39 is 34.3 Å². The molecular formula is C25H24F3NO4S. The third-order valence-electron chi connectivity index (χ3n) is 5.05. The number of benzene rings is 3. The lowest BCUT2D eigenvalue weighted by Gasteiger charge is -2.21. The number of hydrogen-bond donors (Lipinski definition) is 2. The first-order chi connectivity index (χ1) is 15.9. The molecule has 0 aromatic heterocycles. The number of aliphatic carboxylic acids is 1. The van der Waals surface area contributed by atoms with E-state index in [2.05, 4.69) is 4.72 Å². The van der Waals surface area contributed by atoms with Gasteiger partial charge in [-0.15, -0.1) is 0 Å². The summed E-state index contributed by atoms with van der Waals surface area (Å²) in [5.74, 6) is -0.586. The lowest BCUT2D eigenvalue weighted by molar-refractivity contribution is -0.152. The van der Waals surface area contributed by atoms with Crippen molar-refractivity contribution >= 4 is 22.6 Å². The van der Waals surface area contributed by atoms with Crippen LogP contribution in [0.25, 0.3) is 0 Å². The minimum atomic E-state index is -4.44. The van der Waals surface area contributed by atoms with Crippen LogP contribution in [0.1, 0.15) is 30.5 Å². The molecule has 0 fully saturated rings. The number of alkyl halides is 3. The summed E-state index contributed by atoms with van der Waals surface area (Å²) < 4.78 is 58.9. The van der Waals surface area contributed by atoms with Crippen LogP contribution >= 0.6 is 0 Å². The first kappa shape index (κ1) is 25.3. The summed E-state index contributed by atoms with van der Waals surface area (Å²) in [7, 11) is -1.71. The molecule has 180 valence electrons. The van der Waals surface area contributed by atoms with E-state index in [9.17, 15) is 22.2 Å². The summed E-state index contributed by atoms with van der Waals surface area (Å²) in [5, 5.41) is 9.16. The molecule has 0 spiro atoms. The average molecular weight is 492 g/mol. The molecule has 3 rings (SSSR count). The molecule has 0 radical (unpaired) electrons. The highest BCUT2D eigenvalue weighted by atomic mass is 32.2. The Morgan fingerprint density at radius 3 is 2.15 bits per heavy atom. The molecule has 0 saturated heterocycles. The highest BCUT2D eigenvalue weighted by Crippen LogP contribution is 2.29. The molecule has 0 heterocycles. The number of nitrogens with one attached hydrogen (secondary N) is 1. The molecule has 0 aliphatic heterocycles. The molecule has 2 N–H and O–H groups in total. The number of carbonyl (C=O) groups is 1. The van der Waals surface area contributed by atoms with E-state index >= 15 is 0 Å². The quantitative estimate of drug-likeness (QED) is 0.393. The Bertz CT molecular complexity index is 1160. The van der Waals surface area contributed by atoms with Crippen LogP contribution in [0.2, 0.25) is 0 Å². The molecule has 3 aromatic carbocycles. The molecule has 0 saturated carbocycles. The van der Waals surface area contributed by atoms with Crippen LogP contribution in [-0.4, -0.2) is 20.9 Å². The van der Waals surface area contributed by atoms with Crippen LogP contribution in [0.15, 0.2) is 77.7 Å². The van der Waals surface area contributed by atoms with Crippen molar-refractivity contribution in [3.63, 3.8) is 0 Å². The molecule has 0 amide bonds. The maximum atomic E-state index is 12.7. The summed E-state index contributed by atoms with van der Waals surface area (Å²) in [5.41, 5.74) is 0.500. The van der Waals surface area contributed by atoms with Crippen molar-refractivity contribution in [1.82, 2.24) is 0 Å². The summed E-state index contributed by atoms with van der Waals surface area (Å²) in [4.78, 5) is 11.4. The van der Waals surface area contributed by atoms with Crippen LogP contribution in [0.5, 0.6) is 5.75 Å². The SMILES string of the molecule is CC(C)(Oc1ccc(CCc2cccc(NS(=O)c3ccc(C(F)(F)F)cc3)c2)cc1)C(=O)O. The van der Waals surface area contributed by atoms with Crippen LogP contribution < -0.4 is 9.46 Å². The molecule has 5 nitrogen and oxygen atoms in total. The predicted molar refractivity (Wildman–Crippen MR) is 124 cm³/mol. The fourth-order valence-corrected chi connectivity index (χ4v) is 3.92. The highest BCUT2D eigenvalue weighted by Gasteiger charge is 2.30. The molecule has 0 aliphatic carbocycles. The van der Waals surface area contributed by atoms with Gasteiger partial charge in [0, 0.05) is 5.69 Å². The third kappa shape index (κ3) is 6.84. The number of carboxylic acids is 1. The summed E-state index contributed by atoms with van der Waals surface area (Å²) in [6, 6.07) is 18.7. The van der Waals surface area contributed by atoms with Gasteiger partial charge in [0.2, 0.25) is 0 Å². The zero-order chi connectivity index (χ0) is 24.9. The molecule has 0 aliphatic rings. The predicted octanol–water partition coefficient (Wildman–Crippen LogP) is 5.87. The lowest BCUT2D eigenvalue weighted by atomic mass is 10.0. The molecule has 0 bridgehead atoms. The number of rotatable bonds is 9. The van der Waals surface area contributed by atoms with Crippen molar-refractivity contribution in [2.45, 2.75) is 43.4 Å². The Balaban J connectivity index is 1.58. The molecular weight excluding hydrogens is 467 g/mol. The van der Waals surface area contributed by atoms with Gasteiger partial charge in [0.25, 0.3) is 0 Å². The van der Waals surface area contributed by atoms with Gasteiger partial charge in [0.1, 0.15) is 16.7 Å². The van der Waals surface area contributed by atoms with Crippen LogP contribution in [-0.2, 0) is 34.8 Å². The Morgan fingerprint density at radius 1 is 0.941 bits per heavy atom. The second kappa shape index (κ2) is 10.3. The largest absolute Gasteiger partial charge is 0.478 e. The number of halogens is 3. The first-order valence-electron chi connectivity index (χ1n) is 10.4. The summed E-state index contributed by atoms with van der Waals surface area (Å²) in [6.45, 7) is 2.96. The molecule has 3 aromatic rings. The highest BCUT2D eigenvalue weighted by molar-refractivity contribution is 7.86. The van der Waals surface area contributed by atoms with E-state index in [0.717, 1.165) is 23.3 Å². The van der Waals surface area contributed by atoms with Crippen LogP contribution in [0.3, 0.4) is 0 Å². The molecule has 34 heavy (non-hydrogen) atoms. The van der Waals surface area contributed by atoms with Gasteiger partial charge in [-0.05, 0) is 86.3 Å². The molecule has 1 atom stereocenters. The standard InChI is InChI=1S/C25H24F3NO4S/c1-24(2,23(30)31)33-21-12-8-17(9-13-21)6-7-18-4-3-5-20(16-18)29-34(32)22-14-10-19(11-15-22)25(26,27)28/h3-5,8-16,29H,6-7H2,1-2H3,(H,30,31). The van der Waals surface area contributed by atoms with Gasteiger partial charge in [-0.2, -0.15) is 13.2 Å². The van der Waals surface area contributed by atoms with Crippen molar-refractivity contribution in [2.24, 2.45) is 0 Å². The Morgan fingerprint density at radius 2 is 1.56 bits per heavy atom. The van der Waals surface area contributed by atoms with Gasteiger partial charge in [0.05, 0.1) is 10.5 Å². The van der Waals surface area contributed by atoms with Gasteiger partial charge in [-0.1, -0.05) is 24.3 Å². The van der Waals surface area contributed by atoms with Crippen LogP contribution in [0.4, 0.5) is 18.9 Å². The maximum Gasteiger partial charge on any atom is 0.416 e. The van der Waals surface area contributed by atoms with Crippen molar-refractivity contribution in [2.75, 3.05) is 4.72 Å². The normalized spacial score (nSPS) is 12.7.